The predicted octanol–water partition coefficient (Wildman–Crippen LogP) is 4.84. The molecule has 1 fully saturated rings. The highest BCUT2D eigenvalue weighted by Gasteiger charge is 2.24. The molecule has 26 heavy (non-hydrogen) atoms. The maximum Gasteiger partial charge on any atom is 0.264 e. The van der Waals surface area contributed by atoms with E-state index in [9.17, 15) is 9.59 Å². The molecule has 1 aliphatic rings. The standard InChI is InChI=1S/C18H13Cl2N3O2S/c1-10(24)21-13-4-6-14(7-5-13)22-18-23-17(25)16(26-18)8-11-2-3-12(19)9-15(11)20/h2-9H,1H3,(H,21,24)(H,22,23,25). The second-order valence-corrected chi connectivity index (χ2v) is 7.25. The Morgan fingerprint density at radius 2 is 1.92 bits per heavy atom. The van der Waals surface area contributed by atoms with E-state index in [0.29, 0.717) is 37.1 Å². The van der Waals surface area contributed by atoms with E-state index in [1.807, 2.05) is 0 Å². The Bertz CT molecular complexity index is 940. The summed E-state index contributed by atoms with van der Waals surface area (Å²) in [6, 6.07) is 12.1. The van der Waals surface area contributed by atoms with Gasteiger partial charge in [0.05, 0.1) is 10.6 Å². The smallest absolute Gasteiger partial charge is 0.264 e. The van der Waals surface area contributed by atoms with Crippen molar-refractivity contribution in [1.82, 2.24) is 5.32 Å². The average Bonchev–Trinajstić information content (AvgIpc) is 2.91. The van der Waals surface area contributed by atoms with E-state index in [2.05, 4.69) is 15.6 Å². The van der Waals surface area contributed by atoms with Crippen LogP contribution in [-0.4, -0.2) is 17.0 Å². The fourth-order valence-electron chi connectivity index (χ4n) is 2.18. The molecule has 0 aromatic heterocycles. The van der Waals surface area contributed by atoms with Crippen LogP contribution < -0.4 is 10.6 Å². The molecule has 2 amide bonds. The molecule has 0 spiro atoms. The number of amidine groups is 1. The summed E-state index contributed by atoms with van der Waals surface area (Å²) in [5, 5.41) is 6.87. The lowest BCUT2D eigenvalue weighted by Crippen LogP contribution is -2.19. The van der Waals surface area contributed by atoms with Crippen LogP contribution in [0.3, 0.4) is 0 Å². The number of hydrogen-bond donors (Lipinski definition) is 2. The van der Waals surface area contributed by atoms with Gasteiger partial charge in [-0.25, -0.2) is 4.99 Å². The van der Waals surface area contributed by atoms with Crippen LogP contribution in [0.1, 0.15) is 12.5 Å². The van der Waals surface area contributed by atoms with Crippen molar-refractivity contribution in [3.05, 3.63) is 63.0 Å². The summed E-state index contributed by atoms with van der Waals surface area (Å²) < 4.78 is 0. The third-order valence-corrected chi connectivity index (χ3v) is 4.79. The molecule has 0 bridgehead atoms. The van der Waals surface area contributed by atoms with Crippen LogP contribution in [0.2, 0.25) is 10.0 Å². The van der Waals surface area contributed by atoms with Crippen LogP contribution >= 0.6 is 35.0 Å². The Morgan fingerprint density at radius 3 is 2.58 bits per heavy atom. The summed E-state index contributed by atoms with van der Waals surface area (Å²) in [4.78, 5) is 28.1. The molecule has 132 valence electrons. The summed E-state index contributed by atoms with van der Waals surface area (Å²) in [5.41, 5.74) is 2.05. The number of amides is 2. The van der Waals surface area contributed by atoms with E-state index in [1.54, 1.807) is 48.5 Å². The van der Waals surface area contributed by atoms with Gasteiger partial charge in [0.2, 0.25) is 5.91 Å². The van der Waals surface area contributed by atoms with Crippen molar-refractivity contribution in [3.8, 4) is 0 Å². The topological polar surface area (TPSA) is 70.6 Å². The van der Waals surface area contributed by atoms with Crippen molar-refractivity contribution in [2.75, 3.05) is 5.32 Å². The van der Waals surface area contributed by atoms with Crippen LogP contribution in [0, 0.1) is 0 Å². The predicted molar refractivity (Wildman–Crippen MR) is 108 cm³/mol. The van der Waals surface area contributed by atoms with E-state index in [0.717, 1.165) is 0 Å². The van der Waals surface area contributed by atoms with Gasteiger partial charge >= 0.3 is 0 Å². The SMILES string of the molecule is CC(=O)Nc1ccc(N=C2NC(=O)C(=Cc3ccc(Cl)cc3Cl)S2)cc1. The van der Waals surface area contributed by atoms with E-state index < -0.39 is 0 Å². The highest BCUT2D eigenvalue weighted by atomic mass is 35.5. The van der Waals surface area contributed by atoms with Gasteiger partial charge in [-0.1, -0.05) is 29.3 Å². The number of benzene rings is 2. The van der Waals surface area contributed by atoms with Crippen molar-refractivity contribution >= 4 is 69.4 Å². The van der Waals surface area contributed by atoms with Gasteiger partial charge in [0, 0.05) is 22.7 Å². The Morgan fingerprint density at radius 1 is 1.19 bits per heavy atom. The van der Waals surface area contributed by atoms with Gasteiger partial charge < -0.3 is 10.6 Å². The second-order valence-electron chi connectivity index (χ2n) is 5.38. The van der Waals surface area contributed by atoms with Gasteiger partial charge in [-0.05, 0) is 59.8 Å². The minimum Gasteiger partial charge on any atom is -0.326 e. The van der Waals surface area contributed by atoms with E-state index >= 15 is 0 Å². The van der Waals surface area contributed by atoms with Crippen LogP contribution in [0.25, 0.3) is 6.08 Å². The van der Waals surface area contributed by atoms with E-state index in [-0.39, 0.29) is 11.8 Å². The number of nitrogens with zero attached hydrogens (tertiary/aromatic N) is 1. The molecule has 0 atom stereocenters. The summed E-state index contributed by atoms with van der Waals surface area (Å²) in [6.45, 7) is 1.44. The molecule has 0 aliphatic carbocycles. The Labute approximate surface area is 164 Å². The number of hydrogen-bond acceptors (Lipinski definition) is 4. The molecular formula is C18H13Cl2N3O2S. The number of halogens is 2. The molecular weight excluding hydrogens is 393 g/mol. The summed E-state index contributed by atoms with van der Waals surface area (Å²) in [6.07, 6.45) is 1.70. The first-order valence-corrected chi connectivity index (χ1v) is 9.10. The quantitative estimate of drug-likeness (QED) is 0.717. The minimum atomic E-state index is -0.241. The molecule has 0 unspecified atom stereocenters. The lowest BCUT2D eigenvalue weighted by Gasteiger charge is -2.02. The maximum absolute atomic E-state index is 12.1. The van der Waals surface area contributed by atoms with Gasteiger partial charge in [0.1, 0.15) is 0 Å². The van der Waals surface area contributed by atoms with Crippen LogP contribution in [-0.2, 0) is 9.59 Å². The fourth-order valence-corrected chi connectivity index (χ4v) is 3.48. The molecule has 2 aromatic rings. The van der Waals surface area contributed by atoms with Gasteiger partial charge in [0.25, 0.3) is 5.91 Å². The lowest BCUT2D eigenvalue weighted by molar-refractivity contribution is -0.115. The Kier molecular flexibility index (Phi) is 5.66. The van der Waals surface area contributed by atoms with Crippen LogP contribution in [0.5, 0.6) is 0 Å². The van der Waals surface area contributed by atoms with Crippen molar-refractivity contribution < 1.29 is 9.59 Å². The van der Waals surface area contributed by atoms with Crippen molar-refractivity contribution in [1.29, 1.82) is 0 Å². The Balaban J connectivity index is 1.77. The highest BCUT2D eigenvalue weighted by Crippen LogP contribution is 2.31. The minimum absolute atomic E-state index is 0.140. The van der Waals surface area contributed by atoms with E-state index in [4.69, 9.17) is 23.2 Å². The molecule has 1 aliphatic heterocycles. The summed E-state index contributed by atoms with van der Waals surface area (Å²) in [7, 11) is 0. The van der Waals surface area contributed by atoms with Crippen molar-refractivity contribution in [2.24, 2.45) is 4.99 Å². The first-order chi connectivity index (χ1) is 12.4. The number of thioether (sulfide) groups is 1. The number of rotatable bonds is 3. The van der Waals surface area contributed by atoms with E-state index in [1.165, 1.54) is 18.7 Å². The number of carbonyl (C=O) groups excluding carboxylic acids is 2. The molecule has 2 aromatic carbocycles. The molecule has 5 nitrogen and oxygen atoms in total. The number of anilines is 1. The lowest BCUT2D eigenvalue weighted by atomic mass is 10.2. The third kappa shape index (κ3) is 4.66. The number of carbonyl (C=O) groups is 2. The van der Waals surface area contributed by atoms with Gasteiger partial charge in [0.15, 0.2) is 5.17 Å². The monoisotopic (exact) mass is 405 g/mol. The summed E-state index contributed by atoms with van der Waals surface area (Å²) >= 11 is 13.3. The van der Waals surface area contributed by atoms with Gasteiger partial charge in [-0.2, -0.15) is 0 Å². The zero-order valence-corrected chi connectivity index (χ0v) is 15.9. The van der Waals surface area contributed by atoms with Crippen molar-refractivity contribution in [2.45, 2.75) is 6.92 Å². The largest absolute Gasteiger partial charge is 0.326 e. The third-order valence-electron chi connectivity index (χ3n) is 3.32. The van der Waals surface area contributed by atoms with Gasteiger partial charge in [-0.15, -0.1) is 0 Å². The number of aliphatic imine (C=N–C) groups is 1. The molecule has 2 N–H and O–H groups in total. The van der Waals surface area contributed by atoms with Crippen LogP contribution in [0.15, 0.2) is 52.4 Å². The van der Waals surface area contributed by atoms with Crippen molar-refractivity contribution in [3.63, 3.8) is 0 Å². The Hall–Kier alpha value is -2.28. The second kappa shape index (κ2) is 7.95. The molecule has 3 rings (SSSR count). The fraction of sp³-hybridized carbons (Fsp3) is 0.0556. The van der Waals surface area contributed by atoms with Gasteiger partial charge in [-0.3, -0.25) is 9.59 Å². The molecule has 8 heteroatoms. The molecule has 1 heterocycles. The summed E-state index contributed by atoms with van der Waals surface area (Å²) in [5.74, 6) is -0.382. The first-order valence-electron chi connectivity index (χ1n) is 7.53. The first kappa shape index (κ1) is 18.5. The molecule has 1 saturated heterocycles. The average molecular weight is 406 g/mol. The highest BCUT2D eigenvalue weighted by molar-refractivity contribution is 8.18. The van der Waals surface area contributed by atoms with Crippen LogP contribution in [0.4, 0.5) is 11.4 Å². The number of nitrogens with one attached hydrogen (secondary N) is 2. The zero-order chi connectivity index (χ0) is 18.7. The molecule has 0 radical (unpaired) electrons. The zero-order valence-electron chi connectivity index (χ0n) is 13.5. The molecule has 0 saturated carbocycles. The normalized spacial score (nSPS) is 16.8. The maximum atomic E-state index is 12.1.